The van der Waals surface area contributed by atoms with Gasteiger partial charge in [0.1, 0.15) is 11.7 Å². The van der Waals surface area contributed by atoms with Crippen molar-refractivity contribution in [2.45, 2.75) is 13.3 Å². The van der Waals surface area contributed by atoms with Gasteiger partial charge in [-0.15, -0.1) is 4.40 Å². The Labute approximate surface area is 195 Å². The van der Waals surface area contributed by atoms with Crippen molar-refractivity contribution in [2.75, 3.05) is 40.0 Å². The first-order valence-corrected chi connectivity index (χ1v) is 12.4. The third-order valence-corrected chi connectivity index (χ3v) is 5.07. The Hall–Kier alpha value is -3.33. The molecule has 0 saturated carbocycles. The van der Waals surface area contributed by atoms with Gasteiger partial charge < -0.3 is 9.80 Å². The highest BCUT2D eigenvalue weighted by molar-refractivity contribution is 7.89. The number of benzene rings is 2. The maximum absolute atomic E-state index is 12.6. The number of ketones is 2. The zero-order valence-electron chi connectivity index (χ0n) is 19.4. The van der Waals surface area contributed by atoms with Crippen molar-refractivity contribution >= 4 is 33.3 Å². The van der Waals surface area contributed by atoms with E-state index in [0.29, 0.717) is 17.9 Å². The van der Waals surface area contributed by atoms with Gasteiger partial charge in [0, 0.05) is 31.8 Å². The molecular formula is C24H30N4O4S. The monoisotopic (exact) mass is 470 g/mol. The van der Waals surface area contributed by atoms with Gasteiger partial charge in [0.2, 0.25) is 0 Å². The maximum atomic E-state index is 12.6. The Morgan fingerprint density at radius 1 is 0.788 bits per heavy atom. The van der Waals surface area contributed by atoms with Gasteiger partial charge in [-0.2, -0.15) is 0 Å². The zero-order chi connectivity index (χ0) is 24.4. The van der Waals surface area contributed by atoms with Gasteiger partial charge in [-0.05, 0) is 6.92 Å². The van der Waals surface area contributed by atoms with Gasteiger partial charge in [-0.1, -0.05) is 60.7 Å². The van der Waals surface area contributed by atoms with E-state index in [1.54, 1.807) is 49.3 Å². The Bertz CT molecular complexity index is 1110. The average molecular weight is 471 g/mol. The first-order valence-electron chi connectivity index (χ1n) is 10.5. The summed E-state index contributed by atoms with van der Waals surface area (Å²) in [5.41, 5.74) is 1.46. The molecule has 8 nitrogen and oxygen atoms in total. The molecule has 0 saturated heterocycles. The lowest BCUT2D eigenvalue weighted by Crippen LogP contribution is -2.37. The van der Waals surface area contributed by atoms with Crippen molar-refractivity contribution in [1.82, 2.24) is 9.80 Å². The smallest absolute Gasteiger partial charge is 0.252 e. The first-order chi connectivity index (χ1) is 15.6. The minimum atomic E-state index is -3.68. The topological polar surface area (TPSA) is 99.5 Å². The molecule has 2 aromatic rings. The van der Waals surface area contributed by atoms with Gasteiger partial charge >= 0.3 is 0 Å². The molecule has 0 aliphatic heterocycles. The van der Waals surface area contributed by atoms with Crippen LogP contribution in [0.3, 0.4) is 0 Å². The second kappa shape index (κ2) is 12.1. The SMILES string of the molecule is CCN=C(c1ccccc1)N(C)CC(=O)CC(=O)CN(C)C(=NS(C)(=O)=O)c1ccccc1. The number of amidine groups is 2. The van der Waals surface area contributed by atoms with Crippen molar-refractivity contribution in [3.05, 3.63) is 71.8 Å². The molecule has 0 atom stereocenters. The van der Waals surface area contributed by atoms with E-state index in [-0.39, 0.29) is 36.9 Å². The molecule has 0 fully saturated rings. The molecule has 0 radical (unpaired) electrons. The van der Waals surface area contributed by atoms with Crippen molar-refractivity contribution in [2.24, 2.45) is 9.39 Å². The van der Waals surface area contributed by atoms with Crippen molar-refractivity contribution in [3.63, 3.8) is 0 Å². The van der Waals surface area contributed by atoms with Crippen LogP contribution in [-0.4, -0.2) is 81.4 Å². The average Bonchev–Trinajstić information content (AvgIpc) is 2.76. The molecule has 2 aromatic carbocycles. The lowest BCUT2D eigenvalue weighted by Gasteiger charge is -2.22. The molecule has 0 bridgehead atoms. The minimum Gasteiger partial charge on any atom is -0.352 e. The third kappa shape index (κ3) is 8.61. The van der Waals surface area contributed by atoms with Gasteiger partial charge in [-0.25, -0.2) is 8.42 Å². The van der Waals surface area contributed by atoms with Crippen LogP contribution in [0.5, 0.6) is 0 Å². The summed E-state index contributed by atoms with van der Waals surface area (Å²) in [5, 5.41) is 0. The fourth-order valence-corrected chi connectivity index (χ4v) is 3.83. The summed E-state index contributed by atoms with van der Waals surface area (Å²) in [7, 11) is -0.342. The highest BCUT2D eigenvalue weighted by Gasteiger charge is 2.19. The molecule has 0 amide bonds. The Morgan fingerprint density at radius 2 is 1.21 bits per heavy atom. The van der Waals surface area contributed by atoms with E-state index in [4.69, 9.17) is 0 Å². The second-order valence-electron chi connectivity index (χ2n) is 7.64. The Kier molecular flexibility index (Phi) is 9.47. The number of carbonyl (C=O) groups excluding carboxylic acids is 2. The van der Waals surface area contributed by atoms with Crippen LogP contribution in [0.25, 0.3) is 0 Å². The minimum absolute atomic E-state index is 0.0339. The van der Waals surface area contributed by atoms with Crippen molar-refractivity contribution < 1.29 is 18.0 Å². The van der Waals surface area contributed by atoms with E-state index < -0.39 is 10.0 Å². The van der Waals surface area contributed by atoms with Crippen molar-refractivity contribution in [3.8, 4) is 0 Å². The number of Topliss-reactive ketones (excluding diaryl/α,β-unsaturated/α-hetero) is 2. The van der Waals surface area contributed by atoms with E-state index in [2.05, 4.69) is 9.39 Å². The molecule has 0 unspecified atom stereocenters. The summed E-state index contributed by atoms with van der Waals surface area (Å²) in [6.45, 7) is 2.37. The molecule has 0 N–H and O–H groups in total. The van der Waals surface area contributed by atoms with E-state index >= 15 is 0 Å². The van der Waals surface area contributed by atoms with E-state index in [0.717, 1.165) is 11.8 Å². The van der Waals surface area contributed by atoms with Crippen LogP contribution in [0, 0.1) is 0 Å². The largest absolute Gasteiger partial charge is 0.352 e. The molecule has 33 heavy (non-hydrogen) atoms. The highest BCUT2D eigenvalue weighted by Crippen LogP contribution is 2.09. The van der Waals surface area contributed by atoms with Gasteiger partial charge in [0.05, 0.1) is 25.8 Å². The normalized spacial score (nSPS) is 12.4. The molecule has 0 aromatic heterocycles. The fraction of sp³-hybridized carbons (Fsp3) is 0.333. The Morgan fingerprint density at radius 3 is 1.64 bits per heavy atom. The molecule has 0 aliphatic rings. The van der Waals surface area contributed by atoms with Crippen LogP contribution in [0.15, 0.2) is 70.1 Å². The van der Waals surface area contributed by atoms with Gasteiger partial charge in [0.15, 0.2) is 11.6 Å². The zero-order valence-corrected chi connectivity index (χ0v) is 20.2. The fourth-order valence-electron chi connectivity index (χ4n) is 3.27. The van der Waals surface area contributed by atoms with E-state index in [1.165, 1.54) is 4.90 Å². The number of aliphatic imine (C=N–C) groups is 1. The molecule has 2 rings (SSSR count). The van der Waals surface area contributed by atoms with Crippen LogP contribution in [0.2, 0.25) is 0 Å². The summed E-state index contributed by atoms with van der Waals surface area (Å²) in [6.07, 6.45) is 0.719. The van der Waals surface area contributed by atoms with Gasteiger partial charge in [-0.3, -0.25) is 14.6 Å². The summed E-state index contributed by atoms with van der Waals surface area (Å²) in [5.74, 6) is 0.249. The van der Waals surface area contributed by atoms with Crippen LogP contribution < -0.4 is 0 Å². The Balaban J connectivity index is 2.06. The van der Waals surface area contributed by atoms with Crippen LogP contribution >= 0.6 is 0 Å². The molecule has 0 heterocycles. The highest BCUT2D eigenvalue weighted by atomic mass is 32.2. The number of sulfonamides is 1. The summed E-state index contributed by atoms with van der Waals surface area (Å²) in [6, 6.07) is 18.3. The predicted octanol–water partition coefficient (Wildman–Crippen LogP) is 2.25. The number of likely N-dealkylation sites (N-methyl/N-ethyl adjacent to an activating group) is 2. The first kappa shape index (κ1) is 25.9. The molecule has 0 aliphatic carbocycles. The molecule has 0 spiro atoms. The lowest BCUT2D eigenvalue weighted by atomic mass is 10.1. The number of rotatable bonds is 10. The standard InChI is InChI=1S/C24H30N4O4S/c1-5-25-23(19-12-8-6-9-13-19)27(2)17-21(29)16-22(30)18-28(3)24(26-33(4,31)32)20-14-10-7-11-15-20/h6-15H,5,16-18H2,1-4H3. The third-order valence-electron chi connectivity index (χ3n) is 4.57. The van der Waals surface area contributed by atoms with E-state index in [1.807, 2.05) is 37.3 Å². The number of hydrogen-bond acceptors (Lipinski definition) is 5. The molecule has 9 heteroatoms. The van der Waals surface area contributed by atoms with Crippen LogP contribution in [-0.2, 0) is 19.6 Å². The molecule has 176 valence electrons. The van der Waals surface area contributed by atoms with E-state index in [9.17, 15) is 18.0 Å². The summed E-state index contributed by atoms with van der Waals surface area (Å²) in [4.78, 5) is 32.9. The quantitative estimate of drug-likeness (QED) is 0.300. The summed E-state index contributed by atoms with van der Waals surface area (Å²) < 4.78 is 27.3. The number of carbonyl (C=O) groups is 2. The lowest BCUT2D eigenvalue weighted by molar-refractivity contribution is -0.127. The second-order valence-corrected chi connectivity index (χ2v) is 9.29. The summed E-state index contributed by atoms with van der Waals surface area (Å²) >= 11 is 0. The maximum Gasteiger partial charge on any atom is 0.252 e. The predicted molar refractivity (Wildman–Crippen MR) is 131 cm³/mol. The number of hydrogen-bond donors (Lipinski definition) is 0. The van der Waals surface area contributed by atoms with Gasteiger partial charge in [0.25, 0.3) is 10.0 Å². The molecular weight excluding hydrogens is 440 g/mol. The van der Waals surface area contributed by atoms with Crippen LogP contribution in [0.4, 0.5) is 0 Å². The van der Waals surface area contributed by atoms with Crippen LogP contribution in [0.1, 0.15) is 24.5 Å². The number of nitrogens with zero attached hydrogens (tertiary/aromatic N) is 4. The van der Waals surface area contributed by atoms with Crippen molar-refractivity contribution in [1.29, 1.82) is 0 Å².